The predicted octanol–water partition coefficient (Wildman–Crippen LogP) is 2.21. The quantitative estimate of drug-likeness (QED) is 0.897. The smallest absolute Gasteiger partial charge is 0.226 e. The summed E-state index contributed by atoms with van der Waals surface area (Å²) in [5, 5.41) is 6.36. The summed E-state index contributed by atoms with van der Waals surface area (Å²) < 4.78 is 5.10. The molecule has 96 valence electrons. The van der Waals surface area contributed by atoms with Crippen LogP contribution < -0.4 is 10.1 Å². The minimum Gasteiger partial charge on any atom is -0.481 e. The van der Waals surface area contributed by atoms with Crippen molar-refractivity contribution >= 4 is 17.3 Å². The Balaban J connectivity index is 1.91. The molecule has 0 aliphatic carbocycles. The molecule has 1 N–H and O–H groups in total. The first-order valence-electron chi connectivity index (χ1n) is 5.72. The van der Waals surface area contributed by atoms with Gasteiger partial charge in [-0.3, -0.25) is 0 Å². The molecule has 2 aromatic rings. The van der Waals surface area contributed by atoms with Crippen molar-refractivity contribution in [2.45, 2.75) is 20.3 Å². The highest BCUT2D eigenvalue weighted by molar-refractivity contribution is 7.09. The summed E-state index contributed by atoms with van der Waals surface area (Å²) in [6.07, 6.45) is 0.873. The fourth-order valence-electron chi connectivity index (χ4n) is 1.52. The van der Waals surface area contributed by atoms with Gasteiger partial charge in [0, 0.05) is 35.8 Å². The van der Waals surface area contributed by atoms with Gasteiger partial charge in [-0.25, -0.2) is 9.97 Å². The molecular weight excluding hydrogens is 248 g/mol. The molecule has 0 amide bonds. The number of rotatable bonds is 5. The fourth-order valence-corrected chi connectivity index (χ4v) is 2.30. The third-order valence-corrected chi connectivity index (χ3v) is 3.35. The number of nitrogens with one attached hydrogen (secondary N) is 1. The maximum absolute atomic E-state index is 5.10. The van der Waals surface area contributed by atoms with Crippen LogP contribution in [0.5, 0.6) is 5.88 Å². The number of hydrogen-bond donors (Lipinski definition) is 1. The van der Waals surface area contributed by atoms with Crippen LogP contribution >= 0.6 is 11.3 Å². The van der Waals surface area contributed by atoms with E-state index in [0.29, 0.717) is 11.8 Å². The molecule has 0 saturated carbocycles. The largest absolute Gasteiger partial charge is 0.481 e. The molecule has 0 fully saturated rings. The van der Waals surface area contributed by atoms with Crippen molar-refractivity contribution in [3.8, 4) is 5.88 Å². The number of anilines is 1. The molecule has 0 bridgehead atoms. The minimum absolute atomic E-state index is 0.579. The molecule has 0 aliphatic heterocycles. The summed E-state index contributed by atoms with van der Waals surface area (Å²) in [4.78, 5) is 12.9. The van der Waals surface area contributed by atoms with Crippen LogP contribution in [0.25, 0.3) is 0 Å². The Labute approximate surface area is 110 Å². The van der Waals surface area contributed by atoms with Gasteiger partial charge >= 0.3 is 0 Å². The summed E-state index contributed by atoms with van der Waals surface area (Å²) in [6.45, 7) is 4.68. The molecule has 2 heterocycles. The molecule has 5 nitrogen and oxygen atoms in total. The Morgan fingerprint density at radius 2 is 2.06 bits per heavy atom. The van der Waals surface area contributed by atoms with E-state index in [9.17, 15) is 0 Å². The average molecular weight is 264 g/mol. The molecule has 18 heavy (non-hydrogen) atoms. The Bertz CT molecular complexity index is 527. The van der Waals surface area contributed by atoms with Gasteiger partial charge in [0.25, 0.3) is 0 Å². The number of hydrogen-bond acceptors (Lipinski definition) is 6. The average Bonchev–Trinajstić information content (AvgIpc) is 2.74. The van der Waals surface area contributed by atoms with Crippen LogP contribution in [-0.4, -0.2) is 28.6 Å². The SMILES string of the molecule is COc1cc(C)nc(NCCc2nc(C)cs2)n1. The van der Waals surface area contributed by atoms with Crippen LogP contribution in [0.15, 0.2) is 11.4 Å². The van der Waals surface area contributed by atoms with E-state index < -0.39 is 0 Å². The van der Waals surface area contributed by atoms with Gasteiger partial charge in [0.1, 0.15) is 0 Å². The monoisotopic (exact) mass is 264 g/mol. The Morgan fingerprint density at radius 1 is 1.22 bits per heavy atom. The zero-order valence-electron chi connectivity index (χ0n) is 10.7. The third-order valence-electron chi connectivity index (χ3n) is 2.33. The lowest BCUT2D eigenvalue weighted by atomic mass is 10.4. The van der Waals surface area contributed by atoms with E-state index in [1.807, 2.05) is 13.8 Å². The molecule has 0 radical (unpaired) electrons. The van der Waals surface area contributed by atoms with Crippen molar-refractivity contribution in [3.05, 3.63) is 27.8 Å². The molecule has 6 heteroatoms. The molecule has 0 spiro atoms. The summed E-state index contributed by atoms with van der Waals surface area (Å²) in [6, 6.07) is 1.80. The van der Waals surface area contributed by atoms with Crippen molar-refractivity contribution in [1.82, 2.24) is 15.0 Å². The van der Waals surface area contributed by atoms with E-state index >= 15 is 0 Å². The molecule has 0 aliphatic rings. The highest BCUT2D eigenvalue weighted by Gasteiger charge is 2.03. The van der Waals surface area contributed by atoms with Crippen LogP contribution in [0.2, 0.25) is 0 Å². The molecule has 2 rings (SSSR count). The number of aryl methyl sites for hydroxylation is 2. The van der Waals surface area contributed by atoms with Gasteiger partial charge in [0.15, 0.2) is 0 Å². The Kier molecular flexibility index (Phi) is 4.09. The Morgan fingerprint density at radius 3 is 2.72 bits per heavy atom. The third kappa shape index (κ3) is 3.40. The van der Waals surface area contributed by atoms with E-state index in [4.69, 9.17) is 4.74 Å². The Hall–Kier alpha value is -1.69. The first-order chi connectivity index (χ1) is 8.67. The normalized spacial score (nSPS) is 10.4. The van der Waals surface area contributed by atoms with E-state index in [0.717, 1.165) is 29.4 Å². The van der Waals surface area contributed by atoms with Crippen molar-refractivity contribution in [2.75, 3.05) is 19.0 Å². The van der Waals surface area contributed by atoms with E-state index in [-0.39, 0.29) is 0 Å². The van der Waals surface area contributed by atoms with Crippen molar-refractivity contribution in [3.63, 3.8) is 0 Å². The minimum atomic E-state index is 0.579. The summed E-state index contributed by atoms with van der Waals surface area (Å²) in [5.74, 6) is 1.18. The van der Waals surface area contributed by atoms with Gasteiger partial charge in [-0.2, -0.15) is 4.98 Å². The number of ether oxygens (including phenoxy) is 1. The molecule has 0 unspecified atom stereocenters. The summed E-state index contributed by atoms with van der Waals surface area (Å²) in [7, 11) is 1.60. The molecular formula is C12H16N4OS. The lowest BCUT2D eigenvalue weighted by molar-refractivity contribution is 0.397. The van der Waals surface area contributed by atoms with Gasteiger partial charge in [0.2, 0.25) is 11.8 Å². The first-order valence-corrected chi connectivity index (χ1v) is 6.60. The second-order valence-electron chi connectivity index (χ2n) is 3.93. The van der Waals surface area contributed by atoms with E-state index in [2.05, 4.69) is 25.6 Å². The topological polar surface area (TPSA) is 59.9 Å². The van der Waals surface area contributed by atoms with Crippen molar-refractivity contribution < 1.29 is 4.74 Å². The van der Waals surface area contributed by atoms with Gasteiger partial charge in [-0.05, 0) is 13.8 Å². The lowest BCUT2D eigenvalue weighted by Crippen LogP contribution is -2.09. The van der Waals surface area contributed by atoms with Crippen molar-refractivity contribution in [1.29, 1.82) is 0 Å². The second-order valence-corrected chi connectivity index (χ2v) is 4.88. The predicted molar refractivity (Wildman–Crippen MR) is 72.4 cm³/mol. The summed E-state index contributed by atoms with van der Waals surface area (Å²) >= 11 is 1.68. The molecule has 0 atom stereocenters. The van der Waals surface area contributed by atoms with Gasteiger partial charge in [0.05, 0.1) is 12.1 Å². The zero-order chi connectivity index (χ0) is 13.0. The van der Waals surface area contributed by atoms with Crippen LogP contribution in [0.1, 0.15) is 16.4 Å². The van der Waals surface area contributed by atoms with Gasteiger partial charge in [-0.1, -0.05) is 0 Å². The van der Waals surface area contributed by atoms with E-state index in [1.165, 1.54) is 0 Å². The molecule has 0 saturated heterocycles. The van der Waals surface area contributed by atoms with Gasteiger partial charge in [-0.15, -0.1) is 11.3 Å². The van der Waals surface area contributed by atoms with Crippen LogP contribution in [-0.2, 0) is 6.42 Å². The number of nitrogens with zero attached hydrogens (tertiary/aromatic N) is 3. The van der Waals surface area contributed by atoms with Crippen LogP contribution in [0.3, 0.4) is 0 Å². The molecule has 2 aromatic heterocycles. The van der Waals surface area contributed by atoms with E-state index in [1.54, 1.807) is 24.5 Å². The van der Waals surface area contributed by atoms with Gasteiger partial charge < -0.3 is 10.1 Å². The van der Waals surface area contributed by atoms with Crippen molar-refractivity contribution in [2.24, 2.45) is 0 Å². The fraction of sp³-hybridized carbons (Fsp3) is 0.417. The zero-order valence-corrected chi connectivity index (χ0v) is 11.5. The second kappa shape index (κ2) is 5.77. The maximum Gasteiger partial charge on any atom is 0.226 e. The number of aromatic nitrogens is 3. The van der Waals surface area contributed by atoms with Crippen LogP contribution in [0, 0.1) is 13.8 Å². The summed E-state index contributed by atoms with van der Waals surface area (Å²) in [5.41, 5.74) is 1.96. The highest BCUT2D eigenvalue weighted by Crippen LogP contribution is 2.12. The molecule has 0 aromatic carbocycles. The number of methoxy groups -OCH3 is 1. The maximum atomic E-state index is 5.10. The lowest BCUT2D eigenvalue weighted by Gasteiger charge is -2.06. The first kappa shape index (κ1) is 12.8. The number of thiazole rings is 1. The standard InChI is InChI=1S/C12H16N4OS/c1-8-6-10(17-3)16-12(15-8)13-5-4-11-14-9(2)7-18-11/h6-7H,4-5H2,1-3H3,(H,13,15,16). The highest BCUT2D eigenvalue weighted by atomic mass is 32.1. The van der Waals surface area contributed by atoms with Crippen LogP contribution in [0.4, 0.5) is 5.95 Å².